The number of amides is 1. The SMILES string of the molecule is Nc1nnnn1CC(=O)N1C[C@@H](c2cccc(F)c2F)[C@@H]2[C@H]1C1CCN2CC1. The Morgan fingerprint density at radius 3 is 2.71 bits per heavy atom. The first-order valence-corrected chi connectivity index (χ1v) is 9.53. The van der Waals surface area contributed by atoms with E-state index in [1.165, 1.54) is 10.7 Å². The number of carbonyl (C=O) groups is 1. The molecule has 0 radical (unpaired) electrons. The van der Waals surface area contributed by atoms with Crippen molar-refractivity contribution in [1.29, 1.82) is 0 Å². The summed E-state index contributed by atoms with van der Waals surface area (Å²) in [5.41, 5.74) is 6.04. The number of likely N-dealkylation sites (tertiary alicyclic amines) is 1. The van der Waals surface area contributed by atoms with Crippen LogP contribution in [0.25, 0.3) is 0 Å². The Bertz CT molecular complexity index is 911. The molecule has 0 spiro atoms. The van der Waals surface area contributed by atoms with E-state index in [1.807, 2.05) is 4.90 Å². The van der Waals surface area contributed by atoms with Gasteiger partial charge in [0, 0.05) is 18.5 Å². The number of hydrogen-bond donors (Lipinski definition) is 1. The average molecular weight is 389 g/mol. The van der Waals surface area contributed by atoms with Crippen molar-refractivity contribution < 1.29 is 13.6 Å². The van der Waals surface area contributed by atoms with Gasteiger partial charge < -0.3 is 10.6 Å². The summed E-state index contributed by atoms with van der Waals surface area (Å²) in [5.74, 6) is -1.64. The number of aromatic nitrogens is 4. The zero-order chi connectivity index (χ0) is 19.4. The van der Waals surface area contributed by atoms with Crippen LogP contribution in [-0.4, -0.2) is 67.6 Å². The average Bonchev–Trinajstić information content (AvgIpc) is 3.30. The molecule has 3 atom stereocenters. The number of nitrogen functional groups attached to an aromatic ring is 1. The van der Waals surface area contributed by atoms with Gasteiger partial charge in [0.05, 0.1) is 6.04 Å². The highest BCUT2D eigenvalue weighted by Gasteiger charge is 2.55. The third-order valence-corrected chi connectivity index (χ3v) is 6.54. The lowest BCUT2D eigenvalue weighted by atomic mass is 9.75. The summed E-state index contributed by atoms with van der Waals surface area (Å²) < 4.78 is 29.7. The minimum absolute atomic E-state index is 0.000955. The fourth-order valence-electron chi connectivity index (χ4n) is 5.33. The number of tetrazole rings is 1. The van der Waals surface area contributed by atoms with Gasteiger partial charge in [-0.25, -0.2) is 13.5 Å². The van der Waals surface area contributed by atoms with Gasteiger partial charge in [0.15, 0.2) is 11.6 Å². The molecule has 0 saturated carbocycles. The second-order valence-electron chi connectivity index (χ2n) is 7.84. The zero-order valence-corrected chi connectivity index (χ0v) is 15.2. The Hall–Kier alpha value is -2.62. The van der Waals surface area contributed by atoms with Crippen molar-refractivity contribution in [2.45, 2.75) is 37.4 Å². The first kappa shape index (κ1) is 17.5. The topological polar surface area (TPSA) is 93.2 Å². The molecule has 5 heterocycles. The molecule has 4 aliphatic rings. The predicted molar refractivity (Wildman–Crippen MR) is 94.9 cm³/mol. The van der Waals surface area contributed by atoms with E-state index in [0.29, 0.717) is 18.0 Å². The van der Waals surface area contributed by atoms with Crippen LogP contribution >= 0.6 is 0 Å². The summed E-state index contributed by atoms with van der Waals surface area (Å²) in [4.78, 5) is 17.2. The molecule has 148 valence electrons. The summed E-state index contributed by atoms with van der Waals surface area (Å²) in [6.07, 6.45) is 2.02. The second kappa shape index (κ2) is 6.47. The number of piperidine rings is 3. The van der Waals surface area contributed by atoms with Gasteiger partial charge in [0.25, 0.3) is 0 Å². The molecule has 1 amide bonds. The van der Waals surface area contributed by atoms with Gasteiger partial charge in [0.1, 0.15) is 6.54 Å². The first-order valence-electron chi connectivity index (χ1n) is 9.53. The number of halogens is 2. The summed E-state index contributed by atoms with van der Waals surface area (Å²) in [7, 11) is 0. The van der Waals surface area contributed by atoms with E-state index in [1.54, 1.807) is 6.07 Å². The number of rotatable bonds is 3. The van der Waals surface area contributed by atoms with E-state index in [0.717, 1.165) is 32.0 Å². The minimum Gasteiger partial charge on any atom is -0.367 e. The number of fused-ring (bicyclic) bond motifs is 2. The molecule has 4 saturated heterocycles. The standard InChI is InChI=1S/C18H21F2N7O/c19-13-3-1-2-11(15(13)20)12-8-26(14(28)9-27-18(21)22-23-24-27)16-10-4-6-25(7-5-10)17(12)16/h1-3,10,12,16-17H,4-9H2,(H2,21,22,24)/t12-,16+,17+/m0/s1. The molecule has 1 aromatic heterocycles. The van der Waals surface area contributed by atoms with Crippen LogP contribution in [0.1, 0.15) is 24.3 Å². The highest BCUT2D eigenvalue weighted by atomic mass is 19.2. The van der Waals surface area contributed by atoms with Gasteiger partial charge in [-0.05, 0) is 53.9 Å². The first-order chi connectivity index (χ1) is 13.5. The quantitative estimate of drug-likeness (QED) is 0.827. The highest BCUT2D eigenvalue weighted by Crippen LogP contribution is 2.47. The fraction of sp³-hybridized carbons (Fsp3) is 0.556. The van der Waals surface area contributed by atoms with Gasteiger partial charge in [-0.15, -0.1) is 0 Å². The van der Waals surface area contributed by atoms with Gasteiger partial charge in [-0.3, -0.25) is 9.69 Å². The van der Waals surface area contributed by atoms with Crippen LogP contribution in [0.5, 0.6) is 0 Å². The van der Waals surface area contributed by atoms with E-state index in [-0.39, 0.29) is 36.4 Å². The molecular formula is C18H21F2N7O. The number of hydrogen-bond acceptors (Lipinski definition) is 6. The molecule has 2 N–H and O–H groups in total. The second-order valence-corrected chi connectivity index (χ2v) is 7.84. The summed E-state index contributed by atoms with van der Waals surface area (Å²) in [5, 5.41) is 10.8. The largest absolute Gasteiger partial charge is 0.367 e. The Labute approximate surface area is 160 Å². The summed E-state index contributed by atoms with van der Waals surface area (Å²) >= 11 is 0. The maximum Gasteiger partial charge on any atom is 0.244 e. The lowest BCUT2D eigenvalue weighted by Crippen LogP contribution is -2.61. The van der Waals surface area contributed by atoms with Crippen LogP contribution in [0.4, 0.5) is 14.7 Å². The van der Waals surface area contributed by atoms with Crippen LogP contribution in [-0.2, 0) is 11.3 Å². The molecule has 0 unspecified atom stereocenters. The molecule has 1 aromatic carbocycles. The van der Waals surface area contributed by atoms with Gasteiger partial charge >= 0.3 is 0 Å². The van der Waals surface area contributed by atoms with Crippen molar-refractivity contribution in [3.8, 4) is 0 Å². The van der Waals surface area contributed by atoms with E-state index in [2.05, 4.69) is 20.4 Å². The third-order valence-electron chi connectivity index (χ3n) is 6.54. The molecule has 2 aromatic rings. The van der Waals surface area contributed by atoms with Crippen molar-refractivity contribution in [3.05, 3.63) is 35.4 Å². The molecule has 2 bridgehead atoms. The van der Waals surface area contributed by atoms with E-state index in [4.69, 9.17) is 5.73 Å². The minimum atomic E-state index is -0.851. The van der Waals surface area contributed by atoms with Crippen molar-refractivity contribution in [3.63, 3.8) is 0 Å². The number of nitrogens with zero attached hydrogens (tertiary/aromatic N) is 6. The van der Waals surface area contributed by atoms with Crippen molar-refractivity contribution in [2.75, 3.05) is 25.4 Å². The van der Waals surface area contributed by atoms with E-state index in [9.17, 15) is 13.6 Å². The maximum atomic E-state index is 14.6. The Kier molecular flexibility index (Phi) is 4.04. The predicted octanol–water partition coefficient (Wildman–Crippen LogP) is 0.622. The zero-order valence-electron chi connectivity index (χ0n) is 15.2. The smallest absolute Gasteiger partial charge is 0.244 e. The molecule has 28 heavy (non-hydrogen) atoms. The van der Waals surface area contributed by atoms with E-state index >= 15 is 0 Å². The van der Waals surface area contributed by atoms with Crippen molar-refractivity contribution >= 4 is 11.9 Å². The monoisotopic (exact) mass is 389 g/mol. The Morgan fingerprint density at radius 2 is 2.00 bits per heavy atom. The number of nitrogens with two attached hydrogens (primary N) is 1. The molecule has 6 rings (SSSR count). The number of benzene rings is 1. The number of anilines is 1. The Balaban J connectivity index is 1.49. The lowest BCUT2D eigenvalue weighted by Gasteiger charge is -2.51. The van der Waals surface area contributed by atoms with Gasteiger partial charge in [0.2, 0.25) is 11.9 Å². The molecule has 4 aliphatic heterocycles. The maximum absolute atomic E-state index is 14.6. The van der Waals surface area contributed by atoms with E-state index < -0.39 is 11.6 Å². The molecule has 10 heteroatoms. The van der Waals surface area contributed by atoms with Crippen molar-refractivity contribution in [1.82, 2.24) is 30.0 Å². The van der Waals surface area contributed by atoms with Crippen LogP contribution in [0.15, 0.2) is 18.2 Å². The molecular weight excluding hydrogens is 368 g/mol. The number of carbonyl (C=O) groups excluding carboxylic acids is 1. The highest BCUT2D eigenvalue weighted by molar-refractivity contribution is 5.77. The molecule has 0 aliphatic carbocycles. The summed E-state index contributed by atoms with van der Waals surface area (Å²) in [6.45, 7) is 2.15. The lowest BCUT2D eigenvalue weighted by molar-refractivity contribution is -0.136. The molecule has 4 fully saturated rings. The van der Waals surface area contributed by atoms with Crippen LogP contribution in [0, 0.1) is 17.6 Å². The van der Waals surface area contributed by atoms with Crippen LogP contribution in [0.2, 0.25) is 0 Å². The van der Waals surface area contributed by atoms with Crippen LogP contribution < -0.4 is 5.73 Å². The normalized spacial score (nSPS) is 31.2. The van der Waals surface area contributed by atoms with Gasteiger partial charge in [-0.1, -0.05) is 17.2 Å². The molecule has 8 nitrogen and oxygen atoms in total. The van der Waals surface area contributed by atoms with Crippen molar-refractivity contribution in [2.24, 2.45) is 5.92 Å². The van der Waals surface area contributed by atoms with Crippen LogP contribution in [0.3, 0.4) is 0 Å². The van der Waals surface area contributed by atoms with Gasteiger partial charge in [-0.2, -0.15) is 0 Å². The Morgan fingerprint density at radius 1 is 1.21 bits per heavy atom. The fourth-order valence-corrected chi connectivity index (χ4v) is 5.33. The summed E-state index contributed by atoms with van der Waals surface area (Å²) in [6, 6.07) is 4.28. The third kappa shape index (κ3) is 2.58.